The normalized spacial score (nSPS) is 11.1. The van der Waals surface area contributed by atoms with Crippen LogP contribution in [0.3, 0.4) is 0 Å². The van der Waals surface area contributed by atoms with E-state index >= 15 is 0 Å². The lowest BCUT2D eigenvalue weighted by atomic mass is 10.4. The van der Waals surface area contributed by atoms with Gasteiger partial charge in [0, 0.05) is 26.2 Å². The summed E-state index contributed by atoms with van der Waals surface area (Å²) in [6, 6.07) is 0. The molecule has 0 rings (SSSR count). The molecule has 7 nitrogen and oxygen atoms in total. The highest BCUT2D eigenvalue weighted by molar-refractivity contribution is 4.56. The van der Waals surface area contributed by atoms with Crippen LogP contribution < -0.4 is 17.3 Å². The van der Waals surface area contributed by atoms with Crippen molar-refractivity contribution in [2.75, 3.05) is 39.4 Å². The standard InChI is InChI=1S/C6H18N4O3/c7-12-5-3-10(2-1-9-11)4-6-13-8/h9,11H,1-8H2. The lowest BCUT2D eigenvalue weighted by molar-refractivity contribution is 0.0683. The Morgan fingerprint density at radius 1 is 1.08 bits per heavy atom. The van der Waals surface area contributed by atoms with Gasteiger partial charge in [0.15, 0.2) is 0 Å². The van der Waals surface area contributed by atoms with E-state index in [2.05, 4.69) is 15.2 Å². The fraction of sp³-hybridized carbons (Fsp3) is 1.00. The van der Waals surface area contributed by atoms with E-state index in [9.17, 15) is 0 Å². The third-order valence-electron chi connectivity index (χ3n) is 1.59. The Bertz CT molecular complexity index is 86.9. The van der Waals surface area contributed by atoms with Gasteiger partial charge in [0.1, 0.15) is 0 Å². The lowest BCUT2D eigenvalue weighted by Gasteiger charge is -2.20. The Hall–Kier alpha value is -0.280. The van der Waals surface area contributed by atoms with Gasteiger partial charge < -0.3 is 14.9 Å². The van der Waals surface area contributed by atoms with Gasteiger partial charge >= 0.3 is 0 Å². The van der Waals surface area contributed by atoms with Crippen LogP contribution in [0, 0.1) is 0 Å². The van der Waals surface area contributed by atoms with Gasteiger partial charge in [-0.25, -0.2) is 17.3 Å². The van der Waals surface area contributed by atoms with Crippen LogP contribution in [0.4, 0.5) is 0 Å². The zero-order chi connectivity index (χ0) is 9.94. The lowest BCUT2D eigenvalue weighted by Crippen LogP contribution is -2.36. The molecule has 0 spiro atoms. The van der Waals surface area contributed by atoms with Crippen LogP contribution in [0.2, 0.25) is 0 Å². The van der Waals surface area contributed by atoms with Crippen molar-refractivity contribution in [2.24, 2.45) is 11.8 Å². The number of hydrogen-bond donors (Lipinski definition) is 4. The first-order valence-corrected chi connectivity index (χ1v) is 4.07. The van der Waals surface area contributed by atoms with Gasteiger partial charge in [-0.15, -0.1) is 0 Å². The van der Waals surface area contributed by atoms with Gasteiger partial charge in [-0.1, -0.05) is 0 Å². The molecular weight excluding hydrogens is 176 g/mol. The van der Waals surface area contributed by atoms with Crippen LogP contribution in [0.15, 0.2) is 0 Å². The average molecular weight is 194 g/mol. The van der Waals surface area contributed by atoms with Crippen LogP contribution in [0.5, 0.6) is 0 Å². The molecule has 0 aliphatic rings. The number of hydrogen-bond acceptors (Lipinski definition) is 7. The predicted octanol–water partition coefficient (Wildman–Crippen LogP) is -1.95. The van der Waals surface area contributed by atoms with E-state index in [-0.39, 0.29) is 0 Å². The summed E-state index contributed by atoms with van der Waals surface area (Å²) in [6.07, 6.45) is 0. The molecule has 13 heavy (non-hydrogen) atoms. The molecule has 0 aromatic rings. The largest absolute Gasteiger partial charge is 0.317 e. The quantitative estimate of drug-likeness (QED) is 0.316. The van der Waals surface area contributed by atoms with Crippen molar-refractivity contribution < 1.29 is 14.9 Å². The Morgan fingerprint density at radius 3 is 2.00 bits per heavy atom. The van der Waals surface area contributed by atoms with Crippen LogP contribution >= 0.6 is 0 Å². The van der Waals surface area contributed by atoms with Crippen molar-refractivity contribution in [1.29, 1.82) is 0 Å². The summed E-state index contributed by atoms with van der Waals surface area (Å²) in [5.41, 5.74) is 2.07. The first-order valence-electron chi connectivity index (χ1n) is 4.07. The third kappa shape index (κ3) is 8.06. The smallest absolute Gasteiger partial charge is 0.0806 e. The summed E-state index contributed by atoms with van der Waals surface area (Å²) in [5.74, 6) is 9.77. The summed E-state index contributed by atoms with van der Waals surface area (Å²) in [7, 11) is 0. The Balaban J connectivity index is 3.47. The summed E-state index contributed by atoms with van der Waals surface area (Å²) < 4.78 is 0. The Kier molecular flexibility index (Phi) is 9.59. The summed E-state index contributed by atoms with van der Waals surface area (Å²) in [5, 5.41) is 8.38. The van der Waals surface area contributed by atoms with Crippen molar-refractivity contribution in [1.82, 2.24) is 10.4 Å². The minimum atomic E-state index is 0.440. The first kappa shape index (κ1) is 12.7. The summed E-state index contributed by atoms with van der Waals surface area (Å²) >= 11 is 0. The minimum Gasteiger partial charge on any atom is -0.317 e. The van der Waals surface area contributed by atoms with Crippen molar-refractivity contribution >= 4 is 0 Å². The Labute approximate surface area is 77.4 Å². The zero-order valence-corrected chi connectivity index (χ0v) is 7.61. The molecule has 0 fully saturated rings. The maximum absolute atomic E-state index is 8.38. The second kappa shape index (κ2) is 9.81. The highest BCUT2D eigenvalue weighted by atomic mass is 16.6. The fourth-order valence-corrected chi connectivity index (χ4v) is 0.907. The molecular formula is C6H18N4O3. The maximum Gasteiger partial charge on any atom is 0.0806 e. The summed E-state index contributed by atoms with van der Waals surface area (Å²) in [4.78, 5) is 10.9. The second-order valence-electron chi connectivity index (χ2n) is 2.49. The molecule has 0 aromatic carbocycles. The number of hydroxylamine groups is 1. The van der Waals surface area contributed by atoms with E-state index < -0.39 is 0 Å². The highest BCUT2D eigenvalue weighted by Crippen LogP contribution is 1.86. The van der Waals surface area contributed by atoms with E-state index in [1.807, 2.05) is 4.90 Å². The van der Waals surface area contributed by atoms with Crippen LogP contribution in [-0.2, 0) is 9.68 Å². The predicted molar refractivity (Wildman–Crippen MR) is 46.5 cm³/mol. The fourth-order valence-electron chi connectivity index (χ4n) is 0.907. The monoisotopic (exact) mass is 194 g/mol. The molecule has 0 amide bonds. The van der Waals surface area contributed by atoms with Gasteiger partial charge in [-0.05, 0) is 0 Å². The molecule has 0 radical (unpaired) electrons. The number of nitrogens with one attached hydrogen (secondary N) is 1. The Morgan fingerprint density at radius 2 is 1.62 bits per heavy atom. The second-order valence-corrected chi connectivity index (χ2v) is 2.49. The molecule has 0 saturated carbocycles. The summed E-state index contributed by atoms with van der Waals surface area (Å²) in [6.45, 7) is 3.41. The van der Waals surface area contributed by atoms with Crippen LogP contribution in [-0.4, -0.2) is 49.5 Å². The van der Waals surface area contributed by atoms with Gasteiger partial charge in [-0.3, -0.25) is 4.90 Å². The van der Waals surface area contributed by atoms with Gasteiger partial charge in [-0.2, -0.15) is 0 Å². The van der Waals surface area contributed by atoms with Gasteiger partial charge in [0.25, 0.3) is 0 Å². The van der Waals surface area contributed by atoms with Crippen molar-refractivity contribution in [3.05, 3.63) is 0 Å². The molecule has 0 unspecified atom stereocenters. The zero-order valence-electron chi connectivity index (χ0n) is 7.61. The van der Waals surface area contributed by atoms with Crippen molar-refractivity contribution in [2.45, 2.75) is 0 Å². The molecule has 0 heterocycles. The minimum absolute atomic E-state index is 0.440. The first-order chi connectivity index (χ1) is 6.35. The molecule has 0 aromatic heterocycles. The van der Waals surface area contributed by atoms with E-state index in [1.165, 1.54) is 0 Å². The van der Waals surface area contributed by atoms with E-state index in [0.717, 1.165) is 0 Å². The average Bonchev–Trinajstić information content (AvgIpc) is 2.17. The van der Waals surface area contributed by atoms with Crippen LogP contribution in [0.25, 0.3) is 0 Å². The topological polar surface area (TPSA) is 106 Å². The van der Waals surface area contributed by atoms with Crippen molar-refractivity contribution in [3.63, 3.8) is 0 Å². The maximum atomic E-state index is 8.38. The molecule has 80 valence electrons. The van der Waals surface area contributed by atoms with E-state index in [1.54, 1.807) is 0 Å². The number of nitrogens with two attached hydrogens (primary N) is 2. The molecule has 0 atom stereocenters. The van der Waals surface area contributed by atoms with Gasteiger partial charge in [0.2, 0.25) is 0 Å². The van der Waals surface area contributed by atoms with E-state index in [0.29, 0.717) is 39.4 Å². The third-order valence-corrected chi connectivity index (χ3v) is 1.59. The van der Waals surface area contributed by atoms with E-state index in [4.69, 9.17) is 17.0 Å². The molecule has 0 bridgehead atoms. The SMILES string of the molecule is NOCCN(CCNO)CCON. The molecule has 7 heteroatoms. The van der Waals surface area contributed by atoms with Gasteiger partial charge in [0.05, 0.1) is 13.2 Å². The molecule has 0 aliphatic carbocycles. The number of nitrogens with zero attached hydrogens (tertiary/aromatic N) is 1. The molecule has 0 aliphatic heterocycles. The molecule has 6 N–H and O–H groups in total. The van der Waals surface area contributed by atoms with Crippen LogP contribution in [0.1, 0.15) is 0 Å². The highest BCUT2D eigenvalue weighted by Gasteiger charge is 2.03. The number of rotatable bonds is 9. The molecule has 0 saturated heterocycles. The van der Waals surface area contributed by atoms with Crippen molar-refractivity contribution in [3.8, 4) is 0 Å².